The monoisotopic (exact) mass is 170 g/mol. The first-order chi connectivity index (χ1) is 1.91. The van der Waals surface area contributed by atoms with E-state index >= 15 is 0 Å². The van der Waals surface area contributed by atoms with Crippen LogP contribution in [0.4, 0.5) is 0 Å². The van der Waals surface area contributed by atoms with Crippen molar-refractivity contribution in [3.05, 3.63) is 0 Å². The standard InChI is InChI=1S/C2H6O2.3ClH/c3-1-2-4;;;/h3-4H,1-2H2;3*1H. The highest BCUT2D eigenvalue weighted by Crippen LogP contribution is 1.39. The van der Waals surface area contributed by atoms with E-state index in [0.717, 1.165) is 0 Å². The zero-order chi connectivity index (χ0) is 3.41. The summed E-state index contributed by atoms with van der Waals surface area (Å²) >= 11 is 0. The quantitative estimate of drug-likeness (QED) is 0.593. The third-order valence-corrected chi connectivity index (χ3v) is 0.1000. The average molecular weight is 171 g/mol. The van der Waals surface area contributed by atoms with Crippen molar-refractivity contribution in [3.8, 4) is 0 Å². The van der Waals surface area contributed by atoms with E-state index in [4.69, 9.17) is 10.2 Å². The van der Waals surface area contributed by atoms with Crippen LogP contribution >= 0.6 is 37.2 Å². The first-order valence-corrected chi connectivity index (χ1v) is 1.13. The molecule has 2 nitrogen and oxygen atoms in total. The van der Waals surface area contributed by atoms with Gasteiger partial charge in [0.15, 0.2) is 0 Å². The summed E-state index contributed by atoms with van der Waals surface area (Å²) in [5.74, 6) is 0. The molecule has 0 amide bonds. The molecule has 0 heterocycles. The van der Waals surface area contributed by atoms with Gasteiger partial charge in [0.25, 0.3) is 0 Å². The molecule has 50 valence electrons. The summed E-state index contributed by atoms with van der Waals surface area (Å²) in [5.41, 5.74) is 0. The minimum absolute atomic E-state index is 0. The highest BCUT2D eigenvalue weighted by Gasteiger charge is 1.58. The highest BCUT2D eigenvalue weighted by molar-refractivity contribution is 5.86. The fourth-order valence-electron chi connectivity index (χ4n) is 0. The van der Waals surface area contributed by atoms with Gasteiger partial charge < -0.3 is 10.2 Å². The number of hydrogen-bond acceptors (Lipinski definition) is 2. The summed E-state index contributed by atoms with van der Waals surface area (Å²) in [6.45, 7) is -0.250. The van der Waals surface area contributed by atoms with Crippen LogP contribution in [0.25, 0.3) is 0 Å². The van der Waals surface area contributed by atoms with Crippen molar-refractivity contribution in [2.45, 2.75) is 0 Å². The molecule has 0 bridgehead atoms. The first kappa shape index (κ1) is 25.0. The van der Waals surface area contributed by atoms with Gasteiger partial charge in [-0.3, -0.25) is 0 Å². The largest absolute Gasteiger partial charge is 0.394 e. The SMILES string of the molecule is Cl.Cl.Cl.OCCO. The van der Waals surface area contributed by atoms with Gasteiger partial charge in [-0.1, -0.05) is 0 Å². The lowest BCUT2D eigenvalue weighted by Gasteiger charge is -1.70. The van der Waals surface area contributed by atoms with E-state index in [9.17, 15) is 0 Å². The molecular formula is C2H9Cl3O2. The smallest absolute Gasteiger partial charge is 0.0662 e. The number of hydrogen-bond donors (Lipinski definition) is 2. The lowest BCUT2D eigenvalue weighted by Crippen LogP contribution is -1.85. The molecule has 0 aromatic rings. The summed E-state index contributed by atoms with van der Waals surface area (Å²) in [6, 6.07) is 0. The highest BCUT2D eigenvalue weighted by atomic mass is 35.5. The van der Waals surface area contributed by atoms with Crippen molar-refractivity contribution in [1.29, 1.82) is 0 Å². The third-order valence-electron chi connectivity index (χ3n) is 0.1000. The van der Waals surface area contributed by atoms with Crippen LogP contribution in [-0.2, 0) is 0 Å². The Kier molecular flexibility index (Phi) is 104. The van der Waals surface area contributed by atoms with Crippen LogP contribution in [0.1, 0.15) is 0 Å². The van der Waals surface area contributed by atoms with E-state index in [1.807, 2.05) is 0 Å². The number of halogens is 3. The Hall–Kier alpha value is 0.790. The predicted octanol–water partition coefficient (Wildman–Crippen LogP) is 0.236. The molecule has 0 aliphatic carbocycles. The van der Waals surface area contributed by atoms with Crippen LogP contribution in [0, 0.1) is 0 Å². The van der Waals surface area contributed by atoms with Crippen LogP contribution in [0.15, 0.2) is 0 Å². The lowest BCUT2D eigenvalue weighted by atomic mass is 10.8. The number of rotatable bonds is 1. The zero-order valence-electron chi connectivity index (χ0n) is 3.53. The zero-order valence-corrected chi connectivity index (χ0v) is 5.98. The summed E-state index contributed by atoms with van der Waals surface area (Å²) < 4.78 is 0. The minimum Gasteiger partial charge on any atom is -0.394 e. The molecule has 0 saturated carbocycles. The van der Waals surface area contributed by atoms with Gasteiger partial charge in [-0.15, -0.1) is 37.2 Å². The summed E-state index contributed by atoms with van der Waals surface area (Å²) in [4.78, 5) is 0. The molecule has 0 aliphatic rings. The molecule has 0 rings (SSSR count). The average Bonchev–Trinajstić information content (AvgIpc) is 1.37. The predicted molar refractivity (Wildman–Crippen MR) is 35.9 cm³/mol. The lowest BCUT2D eigenvalue weighted by molar-refractivity contribution is 0.186. The Morgan fingerprint density at radius 3 is 0.857 bits per heavy atom. The van der Waals surface area contributed by atoms with Crippen molar-refractivity contribution in [2.75, 3.05) is 13.2 Å². The van der Waals surface area contributed by atoms with Gasteiger partial charge in [-0.05, 0) is 0 Å². The Labute approximate surface area is 61.2 Å². The van der Waals surface area contributed by atoms with E-state index in [2.05, 4.69) is 0 Å². The van der Waals surface area contributed by atoms with Gasteiger partial charge in [-0.25, -0.2) is 0 Å². The second kappa shape index (κ2) is 29.2. The molecule has 0 radical (unpaired) electrons. The normalized spacial score (nSPS) is 4.29. The third kappa shape index (κ3) is 48.6. The van der Waals surface area contributed by atoms with Gasteiger partial charge in [-0.2, -0.15) is 0 Å². The molecular weight excluding hydrogens is 162 g/mol. The van der Waals surface area contributed by atoms with E-state index in [0.29, 0.717) is 0 Å². The fourth-order valence-corrected chi connectivity index (χ4v) is 0. The van der Waals surface area contributed by atoms with Crippen LogP contribution in [0.3, 0.4) is 0 Å². The molecule has 0 unspecified atom stereocenters. The Morgan fingerprint density at radius 2 is 0.857 bits per heavy atom. The van der Waals surface area contributed by atoms with E-state index in [-0.39, 0.29) is 50.4 Å². The summed E-state index contributed by atoms with van der Waals surface area (Å²) in [6.07, 6.45) is 0. The van der Waals surface area contributed by atoms with Crippen LogP contribution < -0.4 is 0 Å². The molecule has 7 heavy (non-hydrogen) atoms. The van der Waals surface area contributed by atoms with Crippen LogP contribution in [0.2, 0.25) is 0 Å². The molecule has 0 aromatic carbocycles. The maximum atomic E-state index is 7.62. The van der Waals surface area contributed by atoms with Crippen molar-refractivity contribution in [3.63, 3.8) is 0 Å². The number of aliphatic hydroxyl groups excluding tert-OH is 2. The van der Waals surface area contributed by atoms with Gasteiger partial charge in [0.2, 0.25) is 0 Å². The van der Waals surface area contributed by atoms with E-state index in [1.54, 1.807) is 0 Å². The second-order valence-electron chi connectivity index (χ2n) is 0.447. The molecule has 0 fully saturated rings. The summed E-state index contributed by atoms with van der Waals surface area (Å²) in [5, 5.41) is 15.2. The minimum atomic E-state index is -0.125. The van der Waals surface area contributed by atoms with Crippen molar-refractivity contribution >= 4 is 37.2 Å². The Balaban J connectivity index is -0.0000000150. The van der Waals surface area contributed by atoms with Crippen molar-refractivity contribution < 1.29 is 10.2 Å². The molecule has 0 spiro atoms. The first-order valence-electron chi connectivity index (χ1n) is 1.13. The molecule has 0 saturated heterocycles. The van der Waals surface area contributed by atoms with Gasteiger partial charge in [0.05, 0.1) is 13.2 Å². The molecule has 0 atom stereocenters. The van der Waals surface area contributed by atoms with Gasteiger partial charge in [0, 0.05) is 0 Å². The van der Waals surface area contributed by atoms with Crippen molar-refractivity contribution in [2.24, 2.45) is 0 Å². The summed E-state index contributed by atoms with van der Waals surface area (Å²) in [7, 11) is 0. The van der Waals surface area contributed by atoms with Gasteiger partial charge >= 0.3 is 0 Å². The van der Waals surface area contributed by atoms with E-state index < -0.39 is 0 Å². The number of aliphatic hydroxyl groups is 2. The van der Waals surface area contributed by atoms with Crippen molar-refractivity contribution in [1.82, 2.24) is 0 Å². The van der Waals surface area contributed by atoms with Crippen LogP contribution in [0.5, 0.6) is 0 Å². The second-order valence-corrected chi connectivity index (χ2v) is 0.447. The van der Waals surface area contributed by atoms with Crippen LogP contribution in [-0.4, -0.2) is 23.4 Å². The molecule has 5 heteroatoms. The Morgan fingerprint density at radius 1 is 0.714 bits per heavy atom. The molecule has 0 aliphatic heterocycles. The van der Waals surface area contributed by atoms with E-state index in [1.165, 1.54) is 0 Å². The topological polar surface area (TPSA) is 40.5 Å². The van der Waals surface area contributed by atoms with Gasteiger partial charge in [0.1, 0.15) is 0 Å². The maximum absolute atomic E-state index is 7.62. The maximum Gasteiger partial charge on any atom is 0.0662 e. The molecule has 0 aromatic heterocycles. The Bertz CT molecular complexity index is 12.9. The fraction of sp³-hybridized carbons (Fsp3) is 1.00. The molecule has 2 N–H and O–H groups in total.